The number of benzene rings is 2. The molecule has 0 spiro atoms. The zero-order chi connectivity index (χ0) is 26.4. The number of unbranched alkanes of at least 4 members (excludes halogenated alkanes) is 8. The van der Waals surface area contributed by atoms with Gasteiger partial charge in [0, 0.05) is 0 Å². The van der Waals surface area contributed by atoms with Crippen molar-refractivity contribution in [3.8, 4) is 11.1 Å². The molecule has 2 aromatic carbocycles. The van der Waals surface area contributed by atoms with Crippen LogP contribution in [0, 0.1) is 11.8 Å². The van der Waals surface area contributed by atoms with Crippen LogP contribution >= 0.6 is 0 Å². The van der Waals surface area contributed by atoms with Crippen molar-refractivity contribution < 1.29 is 4.74 Å². The van der Waals surface area contributed by atoms with Gasteiger partial charge in [-0.3, -0.25) is 0 Å². The Kier molecular flexibility index (Phi) is 12.8. The smallest absolute Gasteiger partial charge is 0.0825 e. The summed E-state index contributed by atoms with van der Waals surface area (Å²) in [7, 11) is 0. The van der Waals surface area contributed by atoms with Crippen molar-refractivity contribution in [1.82, 2.24) is 0 Å². The molecule has 2 atom stereocenters. The van der Waals surface area contributed by atoms with Gasteiger partial charge in [0.25, 0.3) is 0 Å². The van der Waals surface area contributed by atoms with E-state index < -0.39 is 0 Å². The van der Waals surface area contributed by atoms with Crippen LogP contribution in [0.4, 0.5) is 0 Å². The van der Waals surface area contributed by atoms with Gasteiger partial charge in [0.15, 0.2) is 0 Å². The minimum atomic E-state index is 0.286. The lowest BCUT2D eigenvalue weighted by molar-refractivity contribution is -0.0199. The quantitative estimate of drug-likeness (QED) is 0.214. The summed E-state index contributed by atoms with van der Waals surface area (Å²) in [6.45, 7) is 5.55. The fraction of sp³-hybridized carbons (Fsp3) is 0.676. The molecule has 1 saturated carbocycles. The molecule has 0 radical (unpaired) electrons. The van der Waals surface area contributed by atoms with Crippen LogP contribution in [-0.4, -0.2) is 6.61 Å². The Morgan fingerprint density at radius 2 is 1.03 bits per heavy atom. The van der Waals surface area contributed by atoms with E-state index in [-0.39, 0.29) is 6.10 Å². The zero-order valence-electron chi connectivity index (χ0n) is 24.8. The van der Waals surface area contributed by atoms with E-state index >= 15 is 0 Å². The molecular weight excluding hydrogens is 460 g/mol. The van der Waals surface area contributed by atoms with Crippen LogP contribution in [0.5, 0.6) is 0 Å². The van der Waals surface area contributed by atoms with E-state index in [1.54, 1.807) is 5.56 Å². The van der Waals surface area contributed by atoms with Gasteiger partial charge in [0.1, 0.15) is 0 Å². The summed E-state index contributed by atoms with van der Waals surface area (Å²) in [5, 5.41) is 0. The molecular formula is C37H56O. The minimum Gasteiger partial charge on any atom is -0.373 e. The molecule has 2 unspecified atom stereocenters. The highest BCUT2D eigenvalue weighted by molar-refractivity contribution is 5.64. The highest BCUT2D eigenvalue weighted by Crippen LogP contribution is 2.39. The Labute approximate surface area is 235 Å². The van der Waals surface area contributed by atoms with Crippen molar-refractivity contribution in [3.05, 3.63) is 59.7 Å². The van der Waals surface area contributed by atoms with E-state index in [0.29, 0.717) is 0 Å². The molecule has 1 nitrogen and oxygen atoms in total. The number of ether oxygens (including phenoxy) is 1. The van der Waals surface area contributed by atoms with Gasteiger partial charge in [-0.25, -0.2) is 0 Å². The summed E-state index contributed by atoms with van der Waals surface area (Å²) in [6.07, 6.45) is 25.3. The van der Waals surface area contributed by atoms with Gasteiger partial charge in [0.05, 0.1) is 12.7 Å². The Hall–Kier alpha value is -1.60. The van der Waals surface area contributed by atoms with Crippen molar-refractivity contribution in [2.45, 2.75) is 141 Å². The topological polar surface area (TPSA) is 9.23 Å². The molecule has 38 heavy (non-hydrogen) atoms. The standard InChI is InChI=1S/C37H56O/c1-3-5-7-9-11-13-30-15-18-32(19-16-30)33-20-22-34(23-21-33)35-24-26-36(27-25-35)37-28-17-31(29-38-37)14-12-10-8-6-4-2/h20-27,30-32,37H,3-19,28-29H2,1-2H3. The van der Waals surface area contributed by atoms with E-state index in [2.05, 4.69) is 62.4 Å². The lowest BCUT2D eigenvalue weighted by atomic mass is 9.77. The van der Waals surface area contributed by atoms with Gasteiger partial charge in [-0.1, -0.05) is 133 Å². The molecule has 4 rings (SSSR count). The predicted molar refractivity (Wildman–Crippen MR) is 165 cm³/mol. The van der Waals surface area contributed by atoms with Crippen LogP contribution in [-0.2, 0) is 4.74 Å². The van der Waals surface area contributed by atoms with Crippen molar-refractivity contribution in [2.75, 3.05) is 6.61 Å². The molecule has 1 heterocycles. The molecule has 2 aliphatic rings. The van der Waals surface area contributed by atoms with Gasteiger partial charge in [0.2, 0.25) is 0 Å². The van der Waals surface area contributed by atoms with Crippen molar-refractivity contribution in [1.29, 1.82) is 0 Å². The lowest BCUT2D eigenvalue weighted by Crippen LogP contribution is -2.20. The molecule has 0 bridgehead atoms. The summed E-state index contributed by atoms with van der Waals surface area (Å²) < 4.78 is 6.33. The van der Waals surface area contributed by atoms with Crippen LogP contribution in [0.15, 0.2) is 48.5 Å². The summed E-state index contributed by atoms with van der Waals surface area (Å²) in [6, 6.07) is 18.7. The van der Waals surface area contributed by atoms with Crippen LogP contribution < -0.4 is 0 Å². The van der Waals surface area contributed by atoms with Gasteiger partial charge in [-0.05, 0) is 85.0 Å². The van der Waals surface area contributed by atoms with Gasteiger partial charge >= 0.3 is 0 Å². The molecule has 0 N–H and O–H groups in total. The summed E-state index contributed by atoms with van der Waals surface area (Å²) >= 11 is 0. The number of rotatable bonds is 15. The first-order chi connectivity index (χ1) is 18.8. The third kappa shape index (κ3) is 9.25. The van der Waals surface area contributed by atoms with Crippen molar-refractivity contribution in [3.63, 3.8) is 0 Å². The molecule has 1 heteroatoms. The summed E-state index contributed by atoms with van der Waals surface area (Å²) in [5.41, 5.74) is 5.58. The highest BCUT2D eigenvalue weighted by atomic mass is 16.5. The zero-order valence-corrected chi connectivity index (χ0v) is 24.8. The third-order valence-electron chi connectivity index (χ3n) is 9.65. The fourth-order valence-electron chi connectivity index (χ4n) is 6.99. The summed E-state index contributed by atoms with van der Waals surface area (Å²) in [5.74, 6) is 2.53. The maximum atomic E-state index is 6.33. The molecule has 1 aliphatic heterocycles. The average molecular weight is 517 g/mol. The van der Waals surface area contributed by atoms with Crippen LogP contribution in [0.3, 0.4) is 0 Å². The second kappa shape index (κ2) is 16.5. The third-order valence-corrected chi connectivity index (χ3v) is 9.65. The normalized spacial score (nSPS) is 23.9. The van der Waals surface area contributed by atoms with E-state index in [0.717, 1.165) is 24.4 Å². The molecule has 0 amide bonds. The van der Waals surface area contributed by atoms with Crippen molar-refractivity contribution >= 4 is 0 Å². The van der Waals surface area contributed by atoms with Gasteiger partial charge in [-0.2, -0.15) is 0 Å². The average Bonchev–Trinajstić information content (AvgIpc) is 2.98. The monoisotopic (exact) mass is 516 g/mol. The Morgan fingerprint density at radius 3 is 1.55 bits per heavy atom. The van der Waals surface area contributed by atoms with E-state index in [9.17, 15) is 0 Å². The van der Waals surface area contributed by atoms with E-state index in [1.165, 1.54) is 132 Å². The first kappa shape index (κ1) is 29.4. The molecule has 2 fully saturated rings. The second-order valence-electron chi connectivity index (χ2n) is 12.6. The number of hydrogen-bond acceptors (Lipinski definition) is 1. The molecule has 1 aliphatic carbocycles. The molecule has 210 valence electrons. The summed E-state index contributed by atoms with van der Waals surface area (Å²) in [4.78, 5) is 0. The number of hydrogen-bond donors (Lipinski definition) is 0. The first-order valence-corrected chi connectivity index (χ1v) is 16.6. The highest BCUT2D eigenvalue weighted by Gasteiger charge is 2.23. The molecule has 2 aromatic rings. The lowest BCUT2D eigenvalue weighted by Gasteiger charge is -2.29. The second-order valence-corrected chi connectivity index (χ2v) is 12.6. The van der Waals surface area contributed by atoms with Gasteiger partial charge in [-0.15, -0.1) is 0 Å². The van der Waals surface area contributed by atoms with E-state index in [4.69, 9.17) is 4.74 Å². The Morgan fingerprint density at radius 1 is 0.526 bits per heavy atom. The van der Waals surface area contributed by atoms with Crippen molar-refractivity contribution in [2.24, 2.45) is 11.8 Å². The molecule has 1 saturated heterocycles. The van der Waals surface area contributed by atoms with Crippen LogP contribution in [0.25, 0.3) is 11.1 Å². The maximum Gasteiger partial charge on any atom is 0.0825 e. The minimum absolute atomic E-state index is 0.286. The predicted octanol–water partition coefficient (Wildman–Crippen LogP) is 11.8. The van der Waals surface area contributed by atoms with Crippen LogP contribution in [0.2, 0.25) is 0 Å². The largest absolute Gasteiger partial charge is 0.373 e. The fourth-order valence-corrected chi connectivity index (χ4v) is 6.99. The van der Waals surface area contributed by atoms with E-state index in [1.807, 2.05) is 0 Å². The first-order valence-electron chi connectivity index (χ1n) is 16.6. The molecule has 0 aromatic heterocycles. The SMILES string of the molecule is CCCCCCCC1CCC(c2ccc(-c3ccc(C4CCC(CCCCCCC)CO4)cc3)cc2)CC1. The Bertz CT molecular complexity index is 790. The maximum absolute atomic E-state index is 6.33. The Balaban J connectivity index is 1.18. The van der Waals surface area contributed by atoms with Gasteiger partial charge < -0.3 is 4.74 Å². The van der Waals surface area contributed by atoms with Crippen LogP contribution in [0.1, 0.15) is 153 Å².